The molecular formula is C20H19N3O3S. The van der Waals surface area contributed by atoms with Gasteiger partial charge in [-0.15, -0.1) is 0 Å². The Labute approximate surface area is 161 Å². The highest BCUT2D eigenvalue weighted by Gasteiger charge is 2.15. The van der Waals surface area contributed by atoms with Crippen molar-refractivity contribution in [2.75, 3.05) is 11.1 Å². The summed E-state index contributed by atoms with van der Waals surface area (Å²) in [4.78, 5) is 28.8. The molecule has 0 saturated carbocycles. The van der Waals surface area contributed by atoms with E-state index in [1.807, 2.05) is 48.1 Å². The molecular weight excluding hydrogens is 362 g/mol. The van der Waals surface area contributed by atoms with E-state index in [1.165, 1.54) is 11.8 Å². The highest BCUT2D eigenvalue weighted by atomic mass is 32.2. The van der Waals surface area contributed by atoms with Gasteiger partial charge in [0.1, 0.15) is 6.61 Å². The Morgan fingerprint density at radius 3 is 2.59 bits per heavy atom. The second kappa shape index (κ2) is 9.05. The summed E-state index contributed by atoms with van der Waals surface area (Å²) in [5, 5.41) is 3.52. The van der Waals surface area contributed by atoms with E-state index in [0.29, 0.717) is 11.3 Å². The third-order valence-electron chi connectivity index (χ3n) is 3.74. The number of thioether (sulfide) groups is 1. The van der Waals surface area contributed by atoms with Gasteiger partial charge in [-0.25, -0.2) is 9.78 Å². The number of imidazole rings is 1. The van der Waals surface area contributed by atoms with Crippen LogP contribution in [0.2, 0.25) is 0 Å². The number of esters is 1. The highest BCUT2D eigenvalue weighted by Crippen LogP contribution is 2.19. The van der Waals surface area contributed by atoms with Crippen LogP contribution in [0.4, 0.5) is 5.69 Å². The normalized spacial score (nSPS) is 10.4. The summed E-state index contributed by atoms with van der Waals surface area (Å²) >= 11 is 1.33. The number of amides is 1. The van der Waals surface area contributed by atoms with Gasteiger partial charge in [-0.1, -0.05) is 54.2 Å². The number of nitrogens with one attached hydrogen (secondary N) is 1. The van der Waals surface area contributed by atoms with Gasteiger partial charge in [0.05, 0.1) is 17.0 Å². The molecule has 0 aliphatic heterocycles. The zero-order valence-electron chi connectivity index (χ0n) is 14.8. The van der Waals surface area contributed by atoms with Crippen LogP contribution in [0.1, 0.15) is 15.9 Å². The molecule has 1 N–H and O–H groups in total. The maximum Gasteiger partial charge on any atom is 0.340 e. The van der Waals surface area contributed by atoms with Gasteiger partial charge in [-0.05, 0) is 17.7 Å². The van der Waals surface area contributed by atoms with Crippen LogP contribution >= 0.6 is 11.8 Å². The third-order valence-corrected chi connectivity index (χ3v) is 4.80. The zero-order chi connectivity index (χ0) is 19.1. The quantitative estimate of drug-likeness (QED) is 0.501. The Morgan fingerprint density at radius 2 is 1.85 bits per heavy atom. The van der Waals surface area contributed by atoms with Crippen molar-refractivity contribution in [1.82, 2.24) is 9.55 Å². The Hall–Kier alpha value is -3.06. The van der Waals surface area contributed by atoms with E-state index >= 15 is 0 Å². The summed E-state index contributed by atoms with van der Waals surface area (Å²) in [7, 11) is 1.87. The van der Waals surface area contributed by atoms with Crippen molar-refractivity contribution in [3.63, 3.8) is 0 Å². The molecule has 0 aliphatic rings. The summed E-state index contributed by atoms with van der Waals surface area (Å²) in [6.45, 7) is 0.178. The fourth-order valence-electron chi connectivity index (χ4n) is 2.38. The Morgan fingerprint density at radius 1 is 1.11 bits per heavy atom. The van der Waals surface area contributed by atoms with Crippen molar-refractivity contribution in [2.45, 2.75) is 11.8 Å². The molecule has 0 aliphatic carbocycles. The molecule has 27 heavy (non-hydrogen) atoms. The summed E-state index contributed by atoms with van der Waals surface area (Å²) < 4.78 is 7.20. The van der Waals surface area contributed by atoms with Crippen molar-refractivity contribution in [1.29, 1.82) is 0 Å². The summed E-state index contributed by atoms with van der Waals surface area (Å²) in [6, 6.07) is 16.3. The molecule has 0 spiro atoms. The average molecular weight is 381 g/mol. The molecule has 7 heteroatoms. The number of rotatable bonds is 7. The number of benzene rings is 2. The first kappa shape index (κ1) is 18.7. The Kier molecular flexibility index (Phi) is 6.27. The summed E-state index contributed by atoms with van der Waals surface area (Å²) in [6.07, 6.45) is 3.50. The number of aryl methyl sites for hydroxylation is 1. The molecule has 3 aromatic rings. The SMILES string of the molecule is Cn1ccnc1SCC(=O)Nc1ccccc1C(=O)OCc1ccccc1. The predicted molar refractivity (Wildman–Crippen MR) is 105 cm³/mol. The smallest absolute Gasteiger partial charge is 0.340 e. The molecule has 0 fully saturated rings. The van der Waals surface area contributed by atoms with Crippen LogP contribution in [0.5, 0.6) is 0 Å². The summed E-state index contributed by atoms with van der Waals surface area (Å²) in [5.41, 5.74) is 1.66. The van der Waals surface area contributed by atoms with Crippen molar-refractivity contribution in [2.24, 2.45) is 7.05 Å². The Balaban J connectivity index is 1.60. The van der Waals surface area contributed by atoms with Crippen molar-refractivity contribution >= 4 is 29.3 Å². The summed E-state index contributed by atoms with van der Waals surface area (Å²) in [5.74, 6) is -0.504. The maximum atomic E-state index is 12.4. The van der Waals surface area contributed by atoms with Crippen LogP contribution in [0.25, 0.3) is 0 Å². The number of hydrogen-bond donors (Lipinski definition) is 1. The Bertz CT molecular complexity index is 925. The lowest BCUT2D eigenvalue weighted by molar-refractivity contribution is -0.113. The standard InChI is InChI=1S/C20H19N3O3S/c1-23-12-11-21-20(23)27-14-18(24)22-17-10-6-5-9-16(17)19(25)26-13-15-7-3-2-4-8-15/h2-12H,13-14H2,1H3,(H,22,24). The number of para-hydroxylation sites is 1. The maximum absolute atomic E-state index is 12.4. The monoisotopic (exact) mass is 381 g/mol. The van der Waals surface area contributed by atoms with E-state index in [0.717, 1.165) is 10.7 Å². The van der Waals surface area contributed by atoms with Crippen LogP contribution in [-0.2, 0) is 23.2 Å². The van der Waals surface area contributed by atoms with E-state index in [2.05, 4.69) is 10.3 Å². The lowest BCUT2D eigenvalue weighted by Gasteiger charge is -2.11. The number of ether oxygens (including phenoxy) is 1. The molecule has 2 aromatic carbocycles. The molecule has 138 valence electrons. The van der Waals surface area contributed by atoms with Crippen molar-refractivity contribution in [3.8, 4) is 0 Å². The molecule has 1 amide bonds. The lowest BCUT2D eigenvalue weighted by atomic mass is 10.1. The van der Waals surface area contributed by atoms with Gasteiger partial charge >= 0.3 is 5.97 Å². The van der Waals surface area contributed by atoms with Gasteiger partial charge in [-0.3, -0.25) is 4.79 Å². The second-order valence-electron chi connectivity index (χ2n) is 5.76. The molecule has 3 rings (SSSR count). The molecule has 0 unspecified atom stereocenters. The number of carbonyl (C=O) groups excluding carboxylic acids is 2. The molecule has 0 radical (unpaired) electrons. The number of hydrogen-bond acceptors (Lipinski definition) is 5. The molecule has 0 saturated heterocycles. The molecule has 0 atom stereocenters. The van der Waals surface area contributed by atoms with Crippen LogP contribution in [0, 0.1) is 0 Å². The minimum atomic E-state index is -0.480. The lowest BCUT2D eigenvalue weighted by Crippen LogP contribution is -2.17. The van der Waals surface area contributed by atoms with Crippen LogP contribution < -0.4 is 5.32 Å². The van der Waals surface area contributed by atoms with Crippen molar-refractivity contribution < 1.29 is 14.3 Å². The van der Waals surface area contributed by atoms with E-state index in [-0.39, 0.29) is 18.3 Å². The fourth-order valence-corrected chi connectivity index (χ4v) is 3.11. The minimum Gasteiger partial charge on any atom is -0.457 e. The highest BCUT2D eigenvalue weighted by molar-refractivity contribution is 7.99. The molecule has 1 heterocycles. The van der Waals surface area contributed by atoms with Gasteiger partial charge in [0.2, 0.25) is 5.91 Å². The van der Waals surface area contributed by atoms with Gasteiger partial charge < -0.3 is 14.6 Å². The van der Waals surface area contributed by atoms with Crippen LogP contribution in [-0.4, -0.2) is 27.2 Å². The first-order chi connectivity index (χ1) is 13.1. The van der Waals surface area contributed by atoms with E-state index < -0.39 is 5.97 Å². The first-order valence-corrected chi connectivity index (χ1v) is 9.32. The van der Waals surface area contributed by atoms with Crippen molar-refractivity contribution in [3.05, 3.63) is 78.1 Å². The van der Waals surface area contributed by atoms with E-state index in [4.69, 9.17) is 4.74 Å². The zero-order valence-corrected chi connectivity index (χ0v) is 15.6. The predicted octanol–water partition coefficient (Wildman–Crippen LogP) is 3.51. The van der Waals surface area contributed by atoms with Crippen LogP contribution in [0.15, 0.2) is 72.1 Å². The van der Waals surface area contributed by atoms with Gasteiger partial charge in [0.15, 0.2) is 5.16 Å². The number of anilines is 1. The number of nitrogens with zero attached hydrogens (tertiary/aromatic N) is 2. The largest absolute Gasteiger partial charge is 0.457 e. The van der Waals surface area contributed by atoms with E-state index in [1.54, 1.807) is 30.5 Å². The molecule has 6 nitrogen and oxygen atoms in total. The first-order valence-electron chi connectivity index (χ1n) is 8.33. The van der Waals surface area contributed by atoms with Gasteiger partial charge in [0.25, 0.3) is 0 Å². The average Bonchev–Trinajstić information content (AvgIpc) is 3.10. The van der Waals surface area contributed by atoms with Gasteiger partial charge in [-0.2, -0.15) is 0 Å². The minimum absolute atomic E-state index is 0.178. The third kappa shape index (κ3) is 5.21. The number of aromatic nitrogens is 2. The van der Waals surface area contributed by atoms with Crippen LogP contribution in [0.3, 0.4) is 0 Å². The van der Waals surface area contributed by atoms with Gasteiger partial charge in [0, 0.05) is 19.4 Å². The molecule has 0 bridgehead atoms. The topological polar surface area (TPSA) is 73.2 Å². The van der Waals surface area contributed by atoms with E-state index in [9.17, 15) is 9.59 Å². The molecule has 1 aromatic heterocycles. The number of carbonyl (C=O) groups is 2. The fraction of sp³-hybridized carbons (Fsp3) is 0.150. The second-order valence-corrected chi connectivity index (χ2v) is 6.71.